The highest BCUT2D eigenvalue weighted by Crippen LogP contribution is 2.39. The Kier molecular flexibility index (Phi) is 6.27. The van der Waals surface area contributed by atoms with E-state index in [0.717, 1.165) is 0 Å². The Balaban J connectivity index is 2.55. The van der Waals surface area contributed by atoms with Gasteiger partial charge in [0.05, 0.1) is 37.4 Å². The Morgan fingerprint density at radius 2 is 1.62 bits per heavy atom. The lowest BCUT2D eigenvalue weighted by Gasteiger charge is -2.28. The fourth-order valence-electron chi connectivity index (χ4n) is 2.81. The van der Waals surface area contributed by atoms with Crippen molar-refractivity contribution in [2.24, 2.45) is 0 Å². The number of phenols is 1. The lowest BCUT2D eigenvalue weighted by molar-refractivity contribution is -0.139. The first-order valence-corrected chi connectivity index (χ1v) is 8.29. The van der Waals surface area contributed by atoms with Crippen LogP contribution in [0.25, 0.3) is 0 Å². The molecule has 1 heterocycles. The van der Waals surface area contributed by atoms with Gasteiger partial charge in [0.25, 0.3) is 0 Å². The van der Waals surface area contributed by atoms with Gasteiger partial charge in [-0.1, -0.05) is 6.07 Å². The summed E-state index contributed by atoms with van der Waals surface area (Å²) in [6.07, 6.45) is 3.21. The molecule has 1 aliphatic rings. The van der Waals surface area contributed by atoms with Crippen molar-refractivity contribution < 1.29 is 28.9 Å². The number of carbonyl (C=O) groups is 2. The highest BCUT2D eigenvalue weighted by Gasteiger charge is 2.35. The van der Waals surface area contributed by atoms with Crippen molar-refractivity contribution in [1.29, 1.82) is 0 Å². The van der Waals surface area contributed by atoms with Crippen LogP contribution in [0.5, 0.6) is 11.5 Å². The molecule has 1 aliphatic heterocycles. The third-order valence-electron chi connectivity index (χ3n) is 3.87. The maximum absolute atomic E-state index is 12.5. The van der Waals surface area contributed by atoms with Crippen molar-refractivity contribution in [3.05, 3.63) is 47.3 Å². The van der Waals surface area contributed by atoms with Gasteiger partial charge in [-0.3, -0.25) is 0 Å². The predicted molar refractivity (Wildman–Crippen MR) is 94.6 cm³/mol. The van der Waals surface area contributed by atoms with Crippen molar-refractivity contribution in [2.75, 3.05) is 27.4 Å². The van der Waals surface area contributed by atoms with Crippen LogP contribution in [0.4, 0.5) is 0 Å². The zero-order valence-electron chi connectivity index (χ0n) is 15.3. The normalized spacial score (nSPS) is 14.4. The number of rotatable bonds is 6. The van der Waals surface area contributed by atoms with E-state index in [-0.39, 0.29) is 30.1 Å². The second-order valence-electron chi connectivity index (χ2n) is 5.64. The maximum Gasteiger partial charge on any atom is 0.336 e. The van der Waals surface area contributed by atoms with Gasteiger partial charge in [-0.15, -0.1) is 0 Å². The van der Waals surface area contributed by atoms with Gasteiger partial charge in [0.2, 0.25) is 0 Å². The highest BCUT2D eigenvalue weighted by molar-refractivity contribution is 5.98. The summed E-state index contributed by atoms with van der Waals surface area (Å²) in [5, 5.41) is 10.1. The van der Waals surface area contributed by atoms with E-state index >= 15 is 0 Å². The summed E-state index contributed by atoms with van der Waals surface area (Å²) in [5.74, 6) is -1.58. The van der Waals surface area contributed by atoms with Crippen molar-refractivity contribution >= 4 is 11.9 Å². The average molecular weight is 361 g/mol. The minimum absolute atomic E-state index is 0.0876. The molecule has 0 bridgehead atoms. The molecule has 0 aromatic heterocycles. The summed E-state index contributed by atoms with van der Waals surface area (Å²) in [6.45, 7) is 3.83. The van der Waals surface area contributed by atoms with E-state index in [1.165, 1.54) is 13.2 Å². The van der Waals surface area contributed by atoms with Crippen molar-refractivity contribution in [3.8, 4) is 11.5 Å². The van der Waals surface area contributed by atoms with Gasteiger partial charge < -0.3 is 24.2 Å². The minimum Gasteiger partial charge on any atom is -0.504 e. The first-order chi connectivity index (χ1) is 12.4. The highest BCUT2D eigenvalue weighted by atomic mass is 16.5. The molecule has 0 unspecified atom stereocenters. The Bertz CT molecular complexity index is 716. The Labute approximate surface area is 152 Å². The van der Waals surface area contributed by atoms with Crippen LogP contribution in [0.15, 0.2) is 41.7 Å². The first-order valence-electron chi connectivity index (χ1n) is 8.29. The second kappa shape index (κ2) is 8.42. The molecule has 0 radical (unpaired) electrons. The van der Waals surface area contributed by atoms with E-state index in [0.29, 0.717) is 11.3 Å². The van der Waals surface area contributed by atoms with E-state index in [4.69, 9.17) is 14.2 Å². The molecular weight excluding hydrogens is 338 g/mol. The van der Waals surface area contributed by atoms with Crippen LogP contribution in [0.3, 0.4) is 0 Å². The average Bonchev–Trinajstić information content (AvgIpc) is 2.61. The summed E-state index contributed by atoms with van der Waals surface area (Å²) in [4.78, 5) is 26.6. The van der Waals surface area contributed by atoms with Crippen LogP contribution in [-0.4, -0.2) is 49.3 Å². The van der Waals surface area contributed by atoms with E-state index < -0.39 is 17.9 Å². The number of hydrogen-bond donors (Lipinski definition) is 1. The molecule has 1 aromatic rings. The van der Waals surface area contributed by atoms with E-state index in [1.54, 1.807) is 50.3 Å². The van der Waals surface area contributed by atoms with Gasteiger partial charge >= 0.3 is 11.9 Å². The number of methoxy groups -OCH3 is 1. The Hall–Kier alpha value is -2.96. The molecule has 0 atom stereocenters. The number of esters is 2. The third-order valence-corrected chi connectivity index (χ3v) is 3.87. The van der Waals surface area contributed by atoms with Gasteiger partial charge in [-0.2, -0.15) is 0 Å². The molecule has 7 nitrogen and oxygen atoms in total. The quantitative estimate of drug-likeness (QED) is 0.778. The van der Waals surface area contributed by atoms with Crippen LogP contribution < -0.4 is 4.74 Å². The van der Waals surface area contributed by atoms with Crippen LogP contribution >= 0.6 is 0 Å². The first kappa shape index (κ1) is 19.4. The summed E-state index contributed by atoms with van der Waals surface area (Å²) in [5.41, 5.74) is 1.11. The van der Waals surface area contributed by atoms with Gasteiger partial charge in [0, 0.05) is 19.4 Å². The second-order valence-corrected chi connectivity index (χ2v) is 5.64. The van der Waals surface area contributed by atoms with Gasteiger partial charge in [0.15, 0.2) is 11.5 Å². The molecule has 140 valence electrons. The number of aromatic hydroxyl groups is 1. The zero-order valence-corrected chi connectivity index (χ0v) is 15.3. The monoisotopic (exact) mass is 361 g/mol. The number of ether oxygens (including phenoxy) is 3. The summed E-state index contributed by atoms with van der Waals surface area (Å²) in [6, 6.07) is 4.73. The van der Waals surface area contributed by atoms with E-state index in [2.05, 4.69) is 0 Å². The molecule has 0 spiro atoms. The van der Waals surface area contributed by atoms with Crippen LogP contribution in [0.1, 0.15) is 25.3 Å². The molecule has 1 N–H and O–H groups in total. The molecule has 7 heteroatoms. The molecule has 1 aromatic carbocycles. The number of carbonyl (C=O) groups excluding carboxylic acids is 2. The molecule has 2 rings (SSSR count). The number of nitrogens with zero attached hydrogens (tertiary/aromatic N) is 1. The Morgan fingerprint density at radius 1 is 1.08 bits per heavy atom. The van der Waals surface area contributed by atoms with Crippen LogP contribution in [0, 0.1) is 0 Å². The van der Waals surface area contributed by atoms with E-state index in [1.807, 2.05) is 0 Å². The molecule has 0 saturated heterocycles. The zero-order chi connectivity index (χ0) is 19.3. The topological polar surface area (TPSA) is 85.3 Å². The fraction of sp³-hybridized carbons (Fsp3) is 0.368. The standard InChI is InChI=1S/C19H23NO6/c1-5-25-18(22)13-10-20(3)11-14(19(23)26-6-2)17(13)12-7-8-16(24-4)15(21)9-12/h7-11,17,21H,5-6H2,1-4H3. The van der Waals surface area contributed by atoms with Crippen LogP contribution in [-0.2, 0) is 19.1 Å². The largest absolute Gasteiger partial charge is 0.504 e. The molecule has 0 saturated carbocycles. The molecule has 0 fully saturated rings. The maximum atomic E-state index is 12.5. The predicted octanol–water partition coefficient (Wildman–Crippen LogP) is 2.32. The smallest absolute Gasteiger partial charge is 0.336 e. The number of benzene rings is 1. The Morgan fingerprint density at radius 3 is 2.04 bits per heavy atom. The molecular formula is C19H23NO6. The van der Waals surface area contributed by atoms with Crippen molar-refractivity contribution in [2.45, 2.75) is 19.8 Å². The van der Waals surface area contributed by atoms with E-state index in [9.17, 15) is 14.7 Å². The van der Waals surface area contributed by atoms with Gasteiger partial charge in [0.1, 0.15) is 0 Å². The van der Waals surface area contributed by atoms with Crippen LogP contribution in [0.2, 0.25) is 0 Å². The lowest BCUT2D eigenvalue weighted by atomic mass is 9.83. The summed E-state index contributed by atoms with van der Waals surface area (Å²) in [7, 11) is 3.15. The van der Waals surface area contributed by atoms with Crippen molar-refractivity contribution in [1.82, 2.24) is 4.90 Å². The molecule has 0 amide bonds. The molecule has 26 heavy (non-hydrogen) atoms. The number of phenolic OH excluding ortho intramolecular Hbond substituents is 1. The minimum atomic E-state index is -0.721. The third kappa shape index (κ3) is 3.99. The van der Waals surface area contributed by atoms with Crippen molar-refractivity contribution in [3.63, 3.8) is 0 Å². The molecule has 0 aliphatic carbocycles. The SMILES string of the molecule is CCOC(=O)C1=CN(C)C=C(C(=O)OCC)C1c1ccc(OC)c(O)c1. The van der Waals surface area contributed by atoms with Gasteiger partial charge in [-0.05, 0) is 31.5 Å². The van der Waals surface area contributed by atoms with Gasteiger partial charge in [-0.25, -0.2) is 9.59 Å². The number of hydrogen-bond acceptors (Lipinski definition) is 7. The summed E-state index contributed by atoms with van der Waals surface area (Å²) >= 11 is 0. The lowest BCUT2D eigenvalue weighted by Crippen LogP contribution is -2.28. The summed E-state index contributed by atoms with van der Waals surface area (Å²) < 4.78 is 15.3. The fourth-order valence-corrected chi connectivity index (χ4v) is 2.81.